The molecule has 1 saturated carbocycles. The van der Waals surface area contributed by atoms with Crippen molar-refractivity contribution in [2.75, 3.05) is 4.72 Å². The van der Waals surface area contributed by atoms with Crippen LogP contribution in [0.3, 0.4) is 0 Å². The van der Waals surface area contributed by atoms with Crippen molar-refractivity contribution in [3.8, 4) is 0 Å². The number of hydrogen-bond acceptors (Lipinski definition) is 4. The Morgan fingerprint density at radius 2 is 2.03 bits per heavy atom. The molecule has 2 aromatic rings. The van der Waals surface area contributed by atoms with Crippen molar-refractivity contribution in [1.82, 2.24) is 4.57 Å². The van der Waals surface area contributed by atoms with Gasteiger partial charge in [0, 0.05) is 29.7 Å². The van der Waals surface area contributed by atoms with Crippen molar-refractivity contribution in [2.24, 2.45) is 7.05 Å². The van der Waals surface area contributed by atoms with Crippen molar-refractivity contribution >= 4 is 37.6 Å². The summed E-state index contributed by atoms with van der Waals surface area (Å²) in [5.41, 5.74) is 0.759. The molecule has 0 radical (unpaired) electrons. The molecule has 29 heavy (non-hydrogen) atoms. The van der Waals surface area contributed by atoms with Crippen LogP contribution in [0.1, 0.15) is 36.0 Å². The average Bonchev–Trinajstić information content (AvgIpc) is 3.38. The van der Waals surface area contributed by atoms with E-state index in [4.69, 9.17) is 5.11 Å². The topological polar surface area (TPSA) is 105 Å². The summed E-state index contributed by atoms with van der Waals surface area (Å²) in [6, 6.07) is 4.51. The lowest BCUT2D eigenvalue weighted by atomic mass is 10.00. The van der Waals surface area contributed by atoms with Crippen LogP contribution >= 0.6 is 15.9 Å². The normalized spacial score (nSPS) is 15.2. The van der Waals surface area contributed by atoms with Crippen LogP contribution in [0.15, 0.2) is 33.7 Å². The van der Waals surface area contributed by atoms with Crippen LogP contribution in [0, 0.1) is 12.7 Å². The van der Waals surface area contributed by atoms with Crippen LogP contribution in [0.5, 0.6) is 0 Å². The van der Waals surface area contributed by atoms with Crippen molar-refractivity contribution in [3.05, 3.63) is 61.7 Å². The minimum Gasteiger partial charge on any atom is -0.481 e. The van der Waals surface area contributed by atoms with Crippen LogP contribution in [0.2, 0.25) is 0 Å². The highest BCUT2D eigenvalue weighted by Crippen LogP contribution is 2.47. The van der Waals surface area contributed by atoms with Gasteiger partial charge in [-0.1, -0.05) is 22.0 Å². The van der Waals surface area contributed by atoms with Crippen LogP contribution in [0.25, 0.3) is 0 Å². The summed E-state index contributed by atoms with van der Waals surface area (Å²) in [6.07, 6.45) is 1.34. The minimum atomic E-state index is -4.02. The zero-order valence-corrected chi connectivity index (χ0v) is 18.2. The standard InChI is InChI=1S/C19H20BrFN2O5S/c1-11-14(7-12-3-4-13(20)8-15(12)21)16(10-23(2)18(11)26)22-29(27,28)19(5-6-19)9-17(24)25/h3-4,8,10,22H,5-7,9H2,1-2H3,(H,24,25). The van der Waals surface area contributed by atoms with Gasteiger partial charge in [-0.2, -0.15) is 0 Å². The molecule has 0 atom stereocenters. The van der Waals surface area contributed by atoms with E-state index < -0.39 is 33.0 Å². The molecule has 0 aliphatic heterocycles. The van der Waals surface area contributed by atoms with E-state index in [-0.39, 0.29) is 36.1 Å². The number of pyridine rings is 1. The number of sulfonamides is 1. The molecule has 1 aliphatic rings. The van der Waals surface area contributed by atoms with Gasteiger partial charge in [0.1, 0.15) is 10.6 Å². The number of carboxylic acids is 1. The maximum Gasteiger partial charge on any atom is 0.305 e. The molecule has 1 aliphatic carbocycles. The summed E-state index contributed by atoms with van der Waals surface area (Å²) < 4.78 is 43.1. The van der Waals surface area contributed by atoms with E-state index in [1.807, 2.05) is 0 Å². The van der Waals surface area contributed by atoms with Crippen molar-refractivity contribution in [2.45, 2.75) is 37.4 Å². The summed E-state index contributed by atoms with van der Waals surface area (Å²) in [4.78, 5) is 23.5. The number of carboxylic acid groups (broad SMARTS) is 1. The molecule has 0 saturated heterocycles. The Kier molecular flexibility index (Phi) is 5.61. The number of nitrogens with zero attached hydrogens (tertiary/aromatic N) is 1. The summed E-state index contributed by atoms with van der Waals surface area (Å²) >= 11 is 3.19. The third-order valence-corrected chi connectivity index (χ3v) is 7.89. The molecule has 156 valence electrons. The zero-order chi connectivity index (χ0) is 21.6. The van der Waals surface area contributed by atoms with Crippen molar-refractivity contribution < 1.29 is 22.7 Å². The fraction of sp³-hybridized carbons (Fsp3) is 0.368. The maximum absolute atomic E-state index is 14.3. The molecular weight excluding hydrogens is 467 g/mol. The Labute approximate surface area is 175 Å². The van der Waals surface area contributed by atoms with Crippen LogP contribution in [0.4, 0.5) is 10.1 Å². The van der Waals surface area contributed by atoms with Gasteiger partial charge in [0.15, 0.2) is 0 Å². The van der Waals surface area contributed by atoms with Gasteiger partial charge < -0.3 is 9.67 Å². The number of rotatable bonds is 7. The SMILES string of the molecule is Cc1c(Cc2ccc(Br)cc2F)c(NS(=O)(=O)C2(CC(=O)O)CC2)cn(C)c1=O. The van der Waals surface area contributed by atoms with Gasteiger partial charge in [0.2, 0.25) is 10.0 Å². The first-order chi connectivity index (χ1) is 13.5. The number of hydrogen-bond donors (Lipinski definition) is 2. The first kappa shape index (κ1) is 21.5. The third kappa shape index (κ3) is 4.23. The number of carbonyl (C=O) groups is 1. The largest absolute Gasteiger partial charge is 0.481 e. The van der Waals surface area contributed by atoms with Gasteiger partial charge in [-0.05, 0) is 43.0 Å². The molecule has 1 aromatic carbocycles. The number of nitrogens with one attached hydrogen (secondary N) is 1. The van der Waals surface area contributed by atoms with Crippen LogP contribution in [-0.2, 0) is 28.3 Å². The minimum absolute atomic E-state index is 0.00477. The summed E-state index contributed by atoms with van der Waals surface area (Å²) in [5.74, 6) is -1.68. The molecule has 3 rings (SSSR count). The Hall–Kier alpha value is -2.20. The van der Waals surface area contributed by atoms with Crippen LogP contribution < -0.4 is 10.3 Å². The lowest BCUT2D eigenvalue weighted by molar-refractivity contribution is -0.137. The van der Waals surface area contributed by atoms with Gasteiger partial charge in [0.25, 0.3) is 5.56 Å². The Balaban J connectivity index is 2.05. The Bertz CT molecular complexity index is 1160. The second-order valence-corrected chi connectivity index (χ2v) is 10.3. The Morgan fingerprint density at radius 1 is 1.38 bits per heavy atom. The summed E-state index contributed by atoms with van der Waals surface area (Å²) in [7, 11) is -2.53. The third-order valence-electron chi connectivity index (χ3n) is 5.22. The van der Waals surface area contributed by atoms with Gasteiger partial charge >= 0.3 is 5.97 Å². The number of aromatic nitrogens is 1. The van der Waals surface area contributed by atoms with E-state index >= 15 is 0 Å². The van der Waals surface area contributed by atoms with E-state index in [1.54, 1.807) is 19.1 Å². The van der Waals surface area contributed by atoms with E-state index in [0.29, 0.717) is 15.6 Å². The number of aliphatic carboxylic acids is 1. The fourth-order valence-corrected chi connectivity index (χ4v) is 5.27. The predicted molar refractivity (Wildman–Crippen MR) is 110 cm³/mol. The molecule has 2 N–H and O–H groups in total. The van der Waals surface area contributed by atoms with E-state index in [0.717, 1.165) is 0 Å². The smallest absolute Gasteiger partial charge is 0.305 e. The molecule has 7 nitrogen and oxygen atoms in total. The van der Waals surface area contributed by atoms with Gasteiger partial charge in [-0.25, -0.2) is 12.8 Å². The number of aryl methyl sites for hydroxylation is 1. The van der Waals surface area contributed by atoms with Crippen LogP contribution in [-0.4, -0.2) is 28.8 Å². The van der Waals surface area contributed by atoms with E-state index in [9.17, 15) is 22.4 Å². The molecule has 1 heterocycles. The zero-order valence-electron chi connectivity index (χ0n) is 15.8. The molecule has 0 unspecified atom stereocenters. The van der Waals surface area contributed by atoms with Crippen molar-refractivity contribution in [1.29, 1.82) is 0 Å². The number of halogens is 2. The van der Waals surface area contributed by atoms with Crippen molar-refractivity contribution in [3.63, 3.8) is 0 Å². The fourth-order valence-electron chi connectivity index (χ4n) is 3.31. The first-order valence-corrected chi connectivity index (χ1v) is 11.1. The summed E-state index contributed by atoms with van der Waals surface area (Å²) in [6.45, 7) is 1.55. The molecule has 1 fully saturated rings. The van der Waals surface area contributed by atoms with Gasteiger partial charge in [0.05, 0.1) is 12.1 Å². The highest BCUT2D eigenvalue weighted by molar-refractivity contribution is 9.10. The molecule has 1 aromatic heterocycles. The first-order valence-electron chi connectivity index (χ1n) is 8.83. The lowest BCUT2D eigenvalue weighted by Gasteiger charge is -2.20. The number of anilines is 1. The lowest BCUT2D eigenvalue weighted by Crippen LogP contribution is -2.33. The maximum atomic E-state index is 14.3. The number of benzene rings is 1. The summed E-state index contributed by atoms with van der Waals surface area (Å²) in [5, 5.41) is 9.06. The molecule has 0 amide bonds. The predicted octanol–water partition coefficient (Wildman–Crippen LogP) is 2.94. The second-order valence-electron chi connectivity index (χ2n) is 7.33. The quantitative estimate of drug-likeness (QED) is 0.625. The van der Waals surface area contributed by atoms with Gasteiger partial charge in [-0.15, -0.1) is 0 Å². The molecule has 0 spiro atoms. The Morgan fingerprint density at radius 3 is 2.59 bits per heavy atom. The highest BCUT2D eigenvalue weighted by atomic mass is 79.9. The van der Waals surface area contributed by atoms with E-state index in [2.05, 4.69) is 20.7 Å². The second kappa shape index (κ2) is 7.56. The molecule has 10 heteroatoms. The molecule has 0 bridgehead atoms. The van der Waals surface area contributed by atoms with Gasteiger partial charge in [-0.3, -0.25) is 14.3 Å². The molecular formula is C19H20BrFN2O5S. The average molecular weight is 487 g/mol. The van der Waals surface area contributed by atoms with E-state index in [1.165, 1.54) is 23.9 Å². The monoisotopic (exact) mass is 486 g/mol. The highest BCUT2D eigenvalue weighted by Gasteiger charge is 2.56.